The topological polar surface area (TPSA) is 60.5 Å². The third-order valence-corrected chi connectivity index (χ3v) is 3.80. The predicted molar refractivity (Wildman–Crippen MR) is 77.4 cm³/mol. The lowest BCUT2D eigenvalue weighted by Gasteiger charge is -2.17. The Morgan fingerprint density at radius 3 is 3.15 bits per heavy atom. The molecule has 0 spiro atoms. The lowest BCUT2D eigenvalue weighted by molar-refractivity contribution is -0.114. The van der Waals surface area contributed by atoms with Crippen molar-refractivity contribution in [2.75, 3.05) is 11.9 Å². The first-order chi connectivity index (χ1) is 9.67. The van der Waals surface area contributed by atoms with Crippen LogP contribution in [-0.2, 0) is 11.4 Å². The number of benzene rings is 1. The molecule has 0 aliphatic carbocycles. The van der Waals surface area contributed by atoms with Crippen LogP contribution in [0.3, 0.4) is 0 Å². The van der Waals surface area contributed by atoms with Crippen LogP contribution in [0.1, 0.15) is 18.7 Å². The number of nitrogens with one attached hydrogen (secondary N) is 1. The van der Waals surface area contributed by atoms with E-state index < -0.39 is 0 Å². The molecule has 0 unspecified atom stereocenters. The molecule has 1 N–H and O–H groups in total. The van der Waals surface area contributed by atoms with Crippen molar-refractivity contribution in [3.05, 3.63) is 23.1 Å². The first-order valence-electron chi connectivity index (χ1n) is 6.34. The number of amides is 1. The smallest absolute Gasteiger partial charge is 0.223 e. The van der Waals surface area contributed by atoms with Gasteiger partial charge in [0.15, 0.2) is 5.13 Å². The number of nitrogens with zero attached hydrogens (tertiary/aromatic N) is 1. The zero-order valence-corrected chi connectivity index (χ0v) is 12.0. The molecule has 1 aromatic carbocycles. The molecule has 3 rings (SSSR count). The van der Waals surface area contributed by atoms with Gasteiger partial charge in [0.05, 0.1) is 17.2 Å². The van der Waals surface area contributed by atoms with Gasteiger partial charge in [-0.1, -0.05) is 11.3 Å². The van der Waals surface area contributed by atoms with E-state index in [1.54, 1.807) is 0 Å². The van der Waals surface area contributed by atoms with Gasteiger partial charge in [-0.05, 0) is 19.1 Å². The van der Waals surface area contributed by atoms with Crippen LogP contribution in [0.2, 0.25) is 0 Å². The van der Waals surface area contributed by atoms with Crippen molar-refractivity contribution < 1.29 is 14.3 Å². The Morgan fingerprint density at radius 2 is 2.40 bits per heavy atom. The number of aromatic nitrogens is 1. The molecule has 104 valence electrons. The highest BCUT2D eigenvalue weighted by molar-refractivity contribution is 7.16. The fourth-order valence-electron chi connectivity index (χ4n) is 2.08. The summed E-state index contributed by atoms with van der Waals surface area (Å²) in [5, 5.41) is 3.32. The largest absolute Gasteiger partial charge is 0.494 e. The Labute approximate surface area is 120 Å². The summed E-state index contributed by atoms with van der Waals surface area (Å²) in [6.07, 6.45) is 0. The zero-order chi connectivity index (χ0) is 14.1. The monoisotopic (exact) mass is 290 g/mol. The molecule has 20 heavy (non-hydrogen) atoms. The van der Waals surface area contributed by atoms with Crippen molar-refractivity contribution in [1.82, 2.24) is 4.98 Å². The average molecular weight is 290 g/mol. The maximum Gasteiger partial charge on any atom is 0.223 e. The van der Waals surface area contributed by atoms with E-state index >= 15 is 0 Å². The summed E-state index contributed by atoms with van der Waals surface area (Å²) >= 11 is 1.44. The van der Waals surface area contributed by atoms with Crippen molar-refractivity contribution in [2.24, 2.45) is 0 Å². The second-order valence-corrected chi connectivity index (χ2v) is 5.44. The highest BCUT2D eigenvalue weighted by Crippen LogP contribution is 2.42. The van der Waals surface area contributed by atoms with Crippen LogP contribution in [0, 0.1) is 0 Å². The predicted octanol–water partition coefficient (Wildman–Crippen LogP) is 3.06. The van der Waals surface area contributed by atoms with E-state index in [0.29, 0.717) is 18.3 Å². The number of carbonyl (C=O) groups is 1. The van der Waals surface area contributed by atoms with Gasteiger partial charge in [-0.3, -0.25) is 4.79 Å². The molecule has 2 heterocycles. The van der Waals surface area contributed by atoms with Crippen molar-refractivity contribution in [2.45, 2.75) is 20.5 Å². The van der Waals surface area contributed by atoms with Gasteiger partial charge in [0.25, 0.3) is 0 Å². The minimum absolute atomic E-state index is 0.121. The minimum Gasteiger partial charge on any atom is -0.494 e. The Morgan fingerprint density at radius 1 is 1.55 bits per heavy atom. The molecule has 0 bridgehead atoms. The van der Waals surface area contributed by atoms with Crippen LogP contribution in [0.15, 0.2) is 18.2 Å². The Balaban J connectivity index is 1.98. The van der Waals surface area contributed by atoms with Crippen molar-refractivity contribution in [1.29, 1.82) is 0 Å². The molecule has 5 nitrogen and oxygen atoms in total. The van der Waals surface area contributed by atoms with Gasteiger partial charge in [-0.2, -0.15) is 0 Å². The number of thiazole rings is 1. The van der Waals surface area contributed by atoms with Crippen LogP contribution in [0.25, 0.3) is 11.3 Å². The van der Waals surface area contributed by atoms with Crippen LogP contribution in [0.4, 0.5) is 5.13 Å². The molecule has 0 radical (unpaired) electrons. The van der Waals surface area contributed by atoms with Gasteiger partial charge < -0.3 is 14.8 Å². The number of carbonyl (C=O) groups excluding carboxylic acids is 1. The summed E-state index contributed by atoms with van der Waals surface area (Å²) in [4.78, 5) is 16.6. The molecule has 0 saturated heterocycles. The van der Waals surface area contributed by atoms with Gasteiger partial charge in [0, 0.05) is 18.6 Å². The number of hydrogen-bond acceptors (Lipinski definition) is 5. The zero-order valence-electron chi connectivity index (χ0n) is 11.2. The number of ether oxygens (including phenoxy) is 2. The molecule has 2 aromatic rings. The maximum atomic E-state index is 11.1. The van der Waals surface area contributed by atoms with Crippen molar-refractivity contribution >= 4 is 22.4 Å². The first kappa shape index (κ1) is 12.9. The first-order valence-corrected chi connectivity index (χ1v) is 7.16. The lowest BCUT2D eigenvalue weighted by Crippen LogP contribution is -2.05. The summed E-state index contributed by atoms with van der Waals surface area (Å²) in [5.41, 5.74) is 1.81. The normalized spacial score (nSPS) is 12.1. The third kappa shape index (κ3) is 2.34. The second-order valence-electron chi connectivity index (χ2n) is 4.35. The number of hydrogen-bond donors (Lipinski definition) is 1. The second kappa shape index (κ2) is 5.13. The van der Waals surface area contributed by atoms with Crippen LogP contribution in [-0.4, -0.2) is 17.5 Å². The molecular formula is C14H14N2O3S. The van der Waals surface area contributed by atoms with E-state index in [1.807, 2.05) is 25.1 Å². The summed E-state index contributed by atoms with van der Waals surface area (Å²) in [5.74, 6) is 1.43. The summed E-state index contributed by atoms with van der Waals surface area (Å²) in [6.45, 7) is 4.50. The highest BCUT2D eigenvalue weighted by atomic mass is 32.1. The molecule has 1 amide bonds. The molecule has 0 atom stereocenters. The fraction of sp³-hybridized carbons (Fsp3) is 0.286. The van der Waals surface area contributed by atoms with Gasteiger partial charge in [-0.25, -0.2) is 4.98 Å². The SMILES string of the molecule is CCOc1ccc2c(c1)OCc1sc(NC(C)=O)nc1-2. The molecule has 1 aliphatic heterocycles. The quantitative estimate of drug-likeness (QED) is 0.943. The molecule has 1 aromatic heterocycles. The van der Waals surface area contributed by atoms with Crippen LogP contribution in [0.5, 0.6) is 11.5 Å². The highest BCUT2D eigenvalue weighted by Gasteiger charge is 2.22. The van der Waals surface area contributed by atoms with Gasteiger partial charge in [0.1, 0.15) is 18.1 Å². The van der Waals surface area contributed by atoms with E-state index in [0.717, 1.165) is 27.6 Å². The van der Waals surface area contributed by atoms with Crippen molar-refractivity contribution in [3.63, 3.8) is 0 Å². The Bertz CT molecular complexity index is 666. The van der Waals surface area contributed by atoms with E-state index in [-0.39, 0.29) is 5.91 Å². The summed E-state index contributed by atoms with van der Waals surface area (Å²) in [7, 11) is 0. The van der Waals surface area contributed by atoms with Gasteiger partial charge in [-0.15, -0.1) is 0 Å². The summed E-state index contributed by atoms with van der Waals surface area (Å²) < 4.78 is 11.2. The van der Waals surface area contributed by atoms with E-state index in [4.69, 9.17) is 9.47 Å². The third-order valence-electron chi connectivity index (χ3n) is 2.86. The average Bonchev–Trinajstić information content (AvgIpc) is 2.80. The van der Waals surface area contributed by atoms with E-state index in [1.165, 1.54) is 18.3 Å². The number of fused-ring (bicyclic) bond motifs is 3. The lowest BCUT2D eigenvalue weighted by atomic mass is 10.1. The summed E-state index contributed by atoms with van der Waals surface area (Å²) in [6, 6.07) is 5.72. The number of anilines is 1. The number of rotatable bonds is 3. The molecule has 0 saturated carbocycles. The molecule has 1 aliphatic rings. The minimum atomic E-state index is -0.121. The molecular weight excluding hydrogens is 276 g/mol. The maximum absolute atomic E-state index is 11.1. The van der Waals surface area contributed by atoms with E-state index in [2.05, 4.69) is 10.3 Å². The fourth-order valence-corrected chi connectivity index (χ4v) is 3.02. The Hall–Kier alpha value is -2.08. The van der Waals surface area contributed by atoms with Gasteiger partial charge >= 0.3 is 0 Å². The van der Waals surface area contributed by atoms with Crippen molar-refractivity contribution in [3.8, 4) is 22.8 Å². The van der Waals surface area contributed by atoms with Gasteiger partial charge in [0.2, 0.25) is 5.91 Å². The Kier molecular flexibility index (Phi) is 3.31. The molecule has 0 fully saturated rings. The van der Waals surface area contributed by atoms with Crippen LogP contribution >= 0.6 is 11.3 Å². The standard InChI is InChI=1S/C14H14N2O3S/c1-3-18-9-4-5-10-11(6-9)19-7-12-13(10)16-14(20-12)15-8(2)17/h4-6H,3,7H2,1-2H3,(H,15,16,17). The molecule has 6 heteroatoms. The van der Waals surface area contributed by atoms with E-state index in [9.17, 15) is 4.79 Å². The van der Waals surface area contributed by atoms with Crippen LogP contribution < -0.4 is 14.8 Å².